The van der Waals surface area contributed by atoms with Crippen molar-refractivity contribution in [2.45, 2.75) is 39.0 Å². The number of fused-ring (bicyclic) bond motifs is 2. The molecule has 2 aliphatic rings. The summed E-state index contributed by atoms with van der Waals surface area (Å²) >= 11 is 0. The molecule has 0 fully saturated rings. The molecule has 2 aromatic carbocycles. The Bertz CT molecular complexity index is 1440. The summed E-state index contributed by atoms with van der Waals surface area (Å²) in [5, 5.41) is 7.40. The molecule has 0 unspecified atom stereocenters. The molecule has 5 nitrogen and oxygen atoms in total. The zero-order chi connectivity index (χ0) is 24.9. The molecule has 0 spiro atoms. The fourth-order valence-electron chi connectivity index (χ4n) is 5.39. The van der Waals surface area contributed by atoms with Crippen LogP contribution in [0.25, 0.3) is 17.1 Å². The maximum atomic E-state index is 13.7. The van der Waals surface area contributed by atoms with Gasteiger partial charge in [0, 0.05) is 30.9 Å². The summed E-state index contributed by atoms with van der Waals surface area (Å²) in [6.07, 6.45) is -1.33. The van der Waals surface area contributed by atoms with Crippen molar-refractivity contribution in [3.8, 4) is 17.1 Å². The van der Waals surface area contributed by atoms with Crippen molar-refractivity contribution >= 4 is 5.69 Å². The second kappa shape index (κ2) is 8.78. The van der Waals surface area contributed by atoms with Gasteiger partial charge in [-0.05, 0) is 66.3 Å². The quantitative estimate of drug-likeness (QED) is 0.413. The maximum Gasteiger partial charge on any atom is 0.433 e. The fraction of sp³-hybridized carbons (Fsp3) is 0.286. The first kappa shape index (κ1) is 22.8. The van der Waals surface area contributed by atoms with Crippen molar-refractivity contribution < 1.29 is 13.2 Å². The van der Waals surface area contributed by atoms with E-state index in [1.165, 1.54) is 35.4 Å². The lowest BCUT2D eigenvalue weighted by atomic mass is 9.98. The molecule has 0 radical (unpaired) electrons. The van der Waals surface area contributed by atoms with E-state index in [0.717, 1.165) is 55.0 Å². The molecule has 0 saturated heterocycles. The normalized spacial score (nSPS) is 15.2. The number of para-hydroxylation sites is 1. The van der Waals surface area contributed by atoms with Crippen molar-refractivity contribution in [3.05, 3.63) is 94.3 Å². The second-order valence-corrected chi connectivity index (χ2v) is 9.48. The predicted molar refractivity (Wildman–Crippen MR) is 133 cm³/mol. The molecule has 8 heteroatoms. The first-order valence-electron chi connectivity index (χ1n) is 12.2. The Morgan fingerprint density at radius 1 is 0.972 bits per heavy atom. The highest BCUT2D eigenvalue weighted by molar-refractivity contribution is 5.81. The SMILES string of the molecule is Cc1cnn(-c2cccc(-c3cccc4c3N(Cc3ccc5c(c3)CCNC5)CC4)n2)c1C(F)(F)F. The average molecular weight is 490 g/mol. The number of benzene rings is 2. The summed E-state index contributed by atoms with van der Waals surface area (Å²) in [6, 6.07) is 18.0. The molecule has 2 aliphatic heterocycles. The van der Waals surface area contributed by atoms with Crippen LogP contribution in [-0.2, 0) is 32.1 Å². The van der Waals surface area contributed by atoms with Crippen molar-refractivity contribution in [2.24, 2.45) is 0 Å². The van der Waals surface area contributed by atoms with Gasteiger partial charge in [0.15, 0.2) is 11.5 Å². The van der Waals surface area contributed by atoms with Crippen LogP contribution in [0.5, 0.6) is 0 Å². The number of hydrogen-bond donors (Lipinski definition) is 1. The maximum absolute atomic E-state index is 13.7. The van der Waals surface area contributed by atoms with Crippen LogP contribution >= 0.6 is 0 Å². The lowest BCUT2D eigenvalue weighted by molar-refractivity contribution is -0.143. The number of aryl methyl sites for hydroxylation is 1. The van der Waals surface area contributed by atoms with Gasteiger partial charge in [-0.3, -0.25) is 0 Å². The number of aromatic nitrogens is 3. The highest BCUT2D eigenvalue weighted by Gasteiger charge is 2.37. The van der Waals surface area contributed by atoms with Crippen LogP contribution in [0.3, 0.4) is 0 Å². The van der Waals surface area contributed by atoms with Gasteiger partial charge in [0.25, 0.3) is 0 Å². The zero-order valence-corrected chi connectivity index (χ0v) is 19.9. The number of nitrogens with zero attached hydrogens (tertiary/aromatic N) is 4. The number of rotatable bonds is 4. The van der Waals surface area contributed by atoms with E-state index in [1.807, 2.05) is 18.2 Å². The Hall–Kier alpha value is -3.65. The number of pyridine rings is 1. The molecule has 184 valence electrons. The van der Waals surface area contributed by atoms with Crippen LogP contribution in [0.4, 0.5) is 18.9 Å². The Morgan fingerprint density at radius 3 is 2.69 bits per heavy atom. The minimum absolute atomic E-state index is 0.0716. The third kappa shape index (κ3) is 4.05. The molecule has 0 aliphatic carbocycles. The molecule has 0 bridgehead atoms. The fourth-order valence-corrected chi connectivity index (χ4v) is 5.39. The van der Waals surface area contributed by atoms with E-state index in [2.05, 4.69) is 44.6 Å². The summed E-state index contributed by atoms with van der Waals surface area (Å²) in [6.45, 7) is 5.00. The van der Waals surface area contributed by atoms with Gasteiger partial charge in [-0.15, -0.1) is 0 Å². The number of halogens is 3. The third-order valence-electron chi connectivity index (χ3n) is 7.07. The van der Waals surface area contributed by atoms with E-state index in [1.54, 1.807) is 12.1 Å². The standard InChI is InChI=1S/C28H26F3N5/c1-18-15-33-36(27(18)28(29,30)31)25-7-3-6-24(34-25)23-5-2-4-20-11-13-35(26(20)23)17-19-8-9-22-16-32-12-10-21(22)14-19/h2-9,14-15,32H,10-13,16-17H2,1H3. The Kier molecular flexibility index (Phi) is 5.56. The minimum Gasteiger partial charge on any atom is -0.366 e. The van der Waals surface area contributed by atoms with E-state index < -0.39 is 11.9 Å². The number of nitrogens with one attached hydrogen (secondary N) is 1. The second-order valence-electron chi connectivity index (χ2n) is 9.48. The average Bonchev–Trinajstić information content (AvgIpc) is 3.47. The number of alkyl halides is 3. The van der Waals surface area contributed by atoms with Crippen molar-refractivity contribution in [1.82, 2.24) is 20.1 Å². The molecule has 36 heavy (non-hydrogen) atoms. The van der Waals surface area contributed by atoms with Crippen LogP contribution in [0.1, 0.15) is 33.5 Å². The molecule has 6 rings (SSSR count). The van der Waals surface area contributed by atoms with Gasteiger partial charge in [-0.1, -0.05) is 42.5 Å². The zero-order valence-electron chi connectivity index (χ0n) is 19.9. The van der Waals surface area contributed by atoms with Crippen LogP contribution < -0.4 is 10.2 Å². The van der Waals surface area contributed by atoms with Gasteiger partial charge in [0.2, 0.25) is 0 Å². The first-order chi connectivity index (χ1) is 17.4. The van der Waals surface area contributed by atoms with E-state index in [0.29, 0.717) is 5.69 Å². The summed E-state index contributed by atoms with van der Waals surface area (Å²) in [7, 11) is 0. The van der Waals surface area contributed by atoms with Crippen LogP contribution in [0, 0.1) is 6.92 Å². The van der Waals surface area contributed by atoms with Crippen LogP contribution in [0.2, 0.25) is 0 Å². The van der Waals surface area contributed by atoms with Crippen LogP contribution in [0.15, 0.2) is 60.8 Å². The lowest BCUT2D eigenvalue weighted by Crippen LogP contribution is -2.24. The van der Waals surface area contributed by atoms with Gasteiger partial charge in [0.05, 0.1) is 11.9 Å². The molecule has 4 heterocycles. The monoisotopic (exact) mass is 489 g/mol. The molecule has 2 aromatic heterocycles. The van der Waals surface area contributed by atoms with Gasteiger partial charge in [-0.2, -0.15) is 18.3 Å². The summed E-state index contributed by atoms with van der Waals surface area (Å²) in [5.41, 5.74) is 7.20. The van der Waals surface area contributed by atoms with Gasteiger partial charge >= 0.3 is 6.18 Å². The smallest absolute Gasteiger partial charge is 0.366 e. The Morgan fingerprint density at radius 2 is 1.83 bits per heavy atom. The summed E-state index contributed by atoms with van der Waals surface area (Å²) in [4.78, 5) is 7.01. The third-order valence-corrected chi connectivity index (χ3v) is 7.07. The predicted octanol–water partition coefficient (Wildman–Crippen LogP) is 5.47. The molecule has 0 saturated carbocycles. The van der Waals surface area contributed by atoms with Gasteiger partial charge < -0.3 is 10.2 Å². The molecule has 0 amide bonds. The summed E-state index contributed by atoms with van der Waals surface area (Å²) < 4.78 is 42.0. The van der Waals surface area contributed by atoms with E-state index in [-0.39, 0.29) is 11.4 Å². The van der Waals surface area contributed by atoms with Crippen molar-refractivity contribution in [3.63, 3.8) is 0 Å². The highest BCUT2D eigenvalue weighted by atomic mass is 19.4. The lowest BCUT2D eigenvalue weighted by Gasteiger charge is -2.24. The number of hydrogen-bond acceptors (Lipinski definition) is 4. The molecule has 0 atom stereocenters. The number of anilines is 1. The van der Waals surface area contributed by atoms with E-state index >= 15 is 0 Å². The van der Waals surface area contributed by atoms with Crippen molar-refractivity contribution in [1.29, 1.82) is 0 Å². The molecular weight excluding hydrogens is 463 g/mol. The topological polar surface area (TPSA) is 46.0 Å². The van der Waals surface area contributed by atoms with Crippen molar-refractivity contribution in [2.75, 3.05) is 18.0 Å². The molecule has 1 N–H and O–H groups in total. The highest BCUT2D eigenvalue weighted by Crippen LogP contribution is 2.39. The largest absolute Gasteiger partial charge is 0.433 e. The van der Waals surface area contributed by atoms with E-state index in [9.17, 15) is 13.2 Å². The van der Waals surface area contributed by atoms with Gasteiger partial charge in [0.1, 0.15) is 0 Å². The van der Waals surface area contributed by atoms with Crippen LogP contribution in [-0.4, -0.2) is 27.9 Å². The minimum atomic E-state index is -4.52. The van der Waals surface area contributed by atoms with E-state index in [4.69, 9.17) is 0 Å². The summed E-state index contributed by atoms with van der Waals surface area (Å²) in [5.74, 6) is 0.151. The first-order valence-corrected chi connectivity index (χ1v) is 12.2. The Balaban J connectivity index is 1.36. The Labute approximate surface area is 207 Å². The molecule has 4 aromatic rings. The molecular formula is C28H26F3N5. The van der Waals surface area contributed by atoms with Gasteiger partial charge in [-0.25, -0.2) is 9.67 Å².